The molecule has 7 aromatic rings. The number of hydrogen-bond acceptors (Lipinski definition) is 7. The van der Waals surface area contributed by atoms with E-state index in [4.69, 9.17) is 12.2 Å². The van der Waals surface area contributed by atoms with E-state index >= 15 is 0 Å². The number of aromatic amines is 1. The van der Waals surface area contributed by atoms with Crippen molar-refractivity contribution < 1.29 is 26.1 Å². The van der Waals surface area contributed by atoms with E-state index in [0.29, 0.717) is 10.7 Å². The largest absolute Gasteiger partial charge is 1.00 e. The summed E-state index contributed by atoms with van der Waals surface area (Å²) in [4.78, 5) is 2.37. The molecule has 0 fully saturated rings. The highest BCUT2D eigenvalue weighted by molar-refractivity contribution is 7.71. The molecule has 0 amide bonds. The van der Waals surface area contributed by atoms with Crippen molar-refractivity contribution in [1.29, 1.82) is 0 Å². The van der Waals surface area contributed by atoms with Gasteiger partial charge in [0.05, 0.1) is 26.5 Å². The summed E-state index contributed by atoms with van der Waals surface area (Å²) < 4.78 is 10.5. The van der Waals surface area contributed by atoms with Crippen molar-refractivity contribution in [3.63, 3.8) is 0 Å². The molecule has 5 aromatic heterocycles. The smallest absolute Gasteiger partial charge is 0.345 e. The quantitative estimate of drug-likeness (QED) is 0.117. The molecule has 0 spiro atoms. The zero-order valence-electron chi connectivity index (χ0n) is 22.4. The van der Waals surface area contributed by atoms with Crippen LogP contribution < -0.4 is 31.5 Å². The molecule has 0 bridgehead atoms. The molecule has 0 atom stereocenters. The van der Waals surface area contributed by atoms with Crippen molar-refractivity contribution >= 4 is 63.2 Å². The zero-order valence-corrected chi connectivity index (χ0v) is 26.5. The van der Waals surface area contributed by atoms with Gasteiger partial charge < -0.3 is 17.0 Å². The summed E-state index contributed by atoms with van der Waals surface area (Å²) in [7, 11) is 4.16. The van der Waals surface area contributed by atoms with Crippen molar-refractivity contribution in [2.45, 2.75) is 0 Å². The van der Waals surface area contributed by atoms with E-state index in [-0.39, 0.29) is 17.0 Å². The van der Waals surface area contributed by atoms with Crippen LogP contribution in [0.1, 0.15) is 11.1 Å². The third kappa shape index (κ3) is 5.13. The Hall–Kier alpha value is -4.24. The van der Waals surface area contributed by atoms with Crippen LogP contribution in [0.5, 0.6) is 0 Å². The number of aromatic nitrogens is 7. The standard InChI is InChI=1S/C28H23N10S3.BrH/c1-34-23(17-36-11-13-40-27(34)36)21-7-3-19(4-8-21)15-29-31-25-32-33-26(39)38(25)30-16-20-5-9-22(10-6-20)24-18-37-12-14-41-28(37)35(24)2;/h3-18H,1-2H3,(H-,31,32,33,39);1H/q+1;/b29-15+,30-16+;. The summed E-state index contributed by atoms with van der Waals surface area (Å²) in [6.07, 6.45) is 11.9. The maximum absolute atomic E-state index is 5.37. The van der Waals surface area contributed by atoms with Gasteiger partial charge in [0.25, 0.3) is 5.95 Å². The van der Waals surface area contributed by atoms with Crippen LogP contribution >= 0.6 is 34.9 Å². The summed E-state index contributed by atoms with van der Waals surface area (Å²) >= 11 is 8.80. The van der Waals surface area contributed by atoms with Gasteiger partial charge in [-0.15, -0.1) is 5.10 Å². The number of aryl methyl sites for hydroxylation is 2. The molecule has 0 aliphatic rings. The molecule has 0 unspecified atom stereocenters. The van der Waals surface area contributed by atoms with E-state index in [1.165, 1.54) is 14.6 Å². The predicted octanol–water partition coefficient (Wildman–Crippen LogP) is 1.88. The van der Waals surface area contributed by atoms with Crippen LogP contribution in [-0.4, -0.2) is 36.1 Å². The first-order valence-corrected chi connectivity index (χ1v) is 14.8. The van der Waals surface area contributed by atoms with Crippen molar-refractivity contribution in [3.05, 3.63) is 100.0 Å². The fourth-order valence-corrected chi connectivity index (χ4v) is 6.47. The third-order valence-corrected chi connectivity index (χ3v) is 8.99. The van der Waals surface area contributed by atoms with Gasteiger partial charge in [-0.3, -0.25) is 0 Å². The van der Waals surface area contributed by atoms with Crippen molar-refractivity contribution in [1.82, 2.24) is 23.7 Å². The number of imidazole rings is 2. The van der Waals surface area contributed by atoms with Gasteiger partial charge in [0.2, 0.25) is 4.77 Å². The normalized spacial score (nSPS) is 11.8. The van der Waals surface area contributed by atoms with E-state index < -0.39 is 0 Å². The fourth-order valence-electron chi connectivity index (χ4n) is 4.68. The summed E-state index contributed by atoms with van der Waals surface area (Å²) in [5.41, 5.74) is 9.39. The lowest BCUT2D eigenvalue weighted by Gasteiger charge is -2.01. The first kappa shape index (κ1) is 27.9. The van der Waals surface area contributed by atoms with E-state index in [0.717, 1.165) is 33.6 Å². The van der Waals surface area contributed by atoms with Crippen LogP contribution in [0.2, 0.25) is 0 Å². The highest BCUT2D eigenvalue weighted by Crippen LogP contribution is 2.21. The lowest BCUT2D eigenvalue weighted by atomic mass is 10.1. The number of anilines is 1. The number of nitrogens with zero attached hydrogens (tertiary/aromatic N) is 8. The van der Waals surface area contributed by atoms with Gasteiger partial charge in [0, 0.05) is 21.9 Å². The second kappa shape index (κ2) is 11.6. The van der Waals surface area contributed by atoms with E-state index in [1.807, 2.05) is 24.3 Å². The minimum atomic E-state index is 0. The molecular weight excluding hydrogens is 652 g/mol. The fraction of sp³-hybridized carbons (Fsp3) is 0.0714. The van der Waals surface area contributed by atoms with Crippen LogP contribution in [-0.2, 0) is 14.1 Å². The highest BCUT2D eigenvalue weighted by Gasteiger charge is 2.18. The minimum Gasteiger partial charge on any atom is -1.00 e. The average Bonchev–Trinajstić information content (AvgIpc) is 3.81. The van der Waals surface area contributed by atoms with Gasteiger partial charge in [-0.2, -0.15) is 23.7 Å². The molecule has 0 aliphatic heterocycles. The van der Waals surface area contributed by atoms with Gasteiger partial charge in [0.1, 0.15) is 24.8 Å². The third-order valence-electron chi connectivity index (χ3n) is 6.81. The first-order chi connectivity index (χ1) is 20.0. The Morgan fingerprint density at radius 1 is 0.833 bits per heavy atom. The van der Waals surface area contributed by atoms with Crippen LogP contribution in [0.15, 0.2) is 94.3 Å². The molecule has 0 aliphatic carbocycles. The number of hydrogen-bond donors (Lipinski definition) is 2. The molecule has 0 saturated carbocycles. The Morgan fingerprint density at radius 2 is 1.36 bits per heavy atom. The molecule has 210 valence electrons. The van der Waals surface area contributed by atoms with Crippen molar-refractivity contribution in [2.75, 3.05) is 5.43 Å². The molecule has 42 heavy (non-hydrogen) atoms. The van der Waals surface area contributed by atoms with Crippen LogP contribution in [0.3, 0.4) is 0 Å². The number of thiazole rings is 2. The van der Waals surface area contributed by atoms with E-state index in [9.17, 15) is 0 Å². The second-order valence-electron chi connectivity index (χ2n) is 9.36. The van der Waals surface area contributed by atoms with Crippen LogP contribution in [0.4, 0.5) is 5.95 Å². The zero-order chi connectivity index (χ0) is 27.9. The number of fused-ring (bicyclic) bond motifs is 2. The predicted molar refractivity (Wildman–Crippen MR) is 165 cm³/mol. The summed E-state index contributed by atoms with van der Waals surface area (Å²) in [6, 6.07) is 16.5. The van der Waals surface area contributed by atoms with Crippen LogP contribution in [0, 0.1) is 4.77 Å². The molecule has 0 saturated heterocycles. The lowest BCUT2D eigenvalue weighted by Crippen LogP contribution is -3.00. The van der Waals surface area contributed by atoms with Gasteiger partial charge in [-0.25, -0.2) is 19.7 Å². The molecule has 0 radical (unpaired) electrons. The van der Waals surface area contributed by atoms with Crippen molar-refractivity contribution in [3.8, 4) is 22.5 Å². The number of nitrogens with one attached hydrogen (secondary N) is 2. The van der Waals surface area contributed by atoms with Gasteiger partial charge in [-0.05, 0) is 47.6 Å². The summed E-state index contributed by atoms with van der Waals surface area (Å²) in [6.45, 7) is 0. The summed E-state index contributed by atoms with van der Waals surface area (Å²) in [5, 5.41) is 20.0. The Morgan fingerprint density at radius 3 is 1.88 bits per heavy atom. The monoisotopic (exact) mass is 675 g/mol. The van der Waals surface area contributed by atoms with Gasteiger partial charge >= 0.3 is 9.92 Å². The average molecular weight is 677 g/mol. The first-order valence-electron chi connectivity index (χ1n) is 12.7. The Balaban J connectivity index is 0.00000316. The maximum atomic E-state index is 5.37. The number of halogens is 1. The maximum Gasteiger partial charge on any atom is 0.345 e. The molecule has 2 aromatic carbocycles. The van der Waals surface area contributed by atoms with Gasteiger partial charge in [-0.1, -0.05) is 46.9 Å². The molecule has 14 heteroatoms. The van der Waals surface area contributed by atoms with E-state index in [2.05, 4.69) is 118 Å². The minimum absolute atomic E-state index is 0. The number of hydrazone groups is 1. The van der Waals surface area contributed by atoms with Gasteiger partial charge in [0.15, 0.2) is 11.4 Å². The molecule has 2 N–H and O–H groups in total. The summed E-state index contributed by atoms with van der Waals surface area (Å²) in [5.74, 6) is 0.387. The second-order valence-corrected chi connectivity index (χ2v) is 11.5. The Bertz CT molecular complexity index is 2120. The van der Waals surface area contributed by atoms with E-state index in [1.54, 1.807) is 35.1 Å². The molecule has 5 heterocycles. The van der Waals surface area contributed by atoms with Crippen molar-refractivity contribution in [2.24, 2.45) is 24.3 Å². The Labute approximate surface area is 263 Å². The molecule has 7 rings (SSSR count). The number of H-pyrrole nitrogens is 1. The highest BCUT2D eigenvalue weighted by atomic mass is 79.9. The topological polar surface area (TPSA) is 86.9 Å². The number of benzene rings is 2. The molecular formula is C28H24BrN10S3+. The van der Waals surface area contributed by atoms with Crippen LogP contribution in [0.25, 0.3) is 32.4 Å². The number of rotatable bonds is 7. The lowest BCUT2D eigenvalue weighted by molar-refractivity contribution is -0.631. The SMILES string of the molecule is C[n+]1c(-c2ccc(/C=N/Nc3n[nH]c(=S)n3/N=C/c3ccc(-c4cn5ccsc5[n+]4C)cc3)cc2)cn2ccsc21.[Br-]. The molecule has 10 nitrogen and oxygen atoms in total. The Kier molecular flexibility index (Phi) is 7.68.